The second-order valence-corrected chi connectivity index (χ2v) is 14.6. The quantitative estimate of drug-likeness (QED) is 0.0253. The van der Waals surface area contributed by atoms with E-state index in [0.717, 1.165) is 4.90 Å². The van der Waals surface area contributed by atoms with Crippen molar-refractivity contribution in [1.82, 2.24) is 45.8 Å². The van der Waals surface area contributed by atoms with Gasteiger partial charge in [-0.15, -0.1) is 0 Å². The highest BCUT2D eigenvalue weighted by molar-refractivity contribution is 5.70. The molecule has 0 aliphatic heterocycles. The number of aliphatic hydroxyl groups is 7. The van der Waals surface area contributed by atoms with Crippen LogP contribution in [0.5, 0.6) is 0 Å². The van der Waals surface area contributed by atoms with Crippen LogP contribution in [0.25, 0.3) is 0 Å². The smallest absolute Gasteiger partial charge is 0.407 e. The van der Waals surface area contributed by atoms with Gasteiger partial charge in [-0.3, -0.25) is 43.6 Å². The number of amides is 1. The lowest BCUT2D eigenvalue weighted by Gasteiger charge is -2.35. The molecule has 63 heavy (non-hydrogen) atoms. The van der Waals surface area contributed by atoms with Gasteiger partial charge >= 0.3 is 35.9 Å². The van der Waals surface area contributed by atoms with E-state index in [0.29, 0.717) is 0 Å². The molecule has 0 bridgehead atoms. The Morgan fingerprint density at radius 2 is 0.746 bits per heavy atom. The molecule has 0 saturated heterocycles. The van der Waals surface area contributed by atoms with Gasteiger partial charge in [0.1, 0.15) is 18.3 Å². The fourth-order valence-corrected chi connectivity index (χ4v) is 6.07. The van der Waals surface area contributed by atoms with E-state index in [-0.39, 0.29) is 118 Å². The van der Waals surface area contributed by atoms with Crippen LogP contribution >= 0.6 is 0 Å². The molecule has 1 amide bonds. The van der Waals surface area contributed by atoms with Crippen LogP contribution in [0, 0.1) is 0 Å². The molecule has 0 saturated carbocycles. The van der Waals surface area contributed by atoms with Gasteiger partial charge in [0.2, 0.25) is 0 Å². The Balaban J connectivity index is 6.27. The first-order valence-corrected chi connectivity index (χ1v) is 20.1. The zero-order chi connectivity index (χ0) is 47.9. The molecule has 28 heteroatoms. The third-order valence-corrected chi connectivity index (χ3v) is 9.17. The Hall–Kier alpha value is -3.98. The lowest BCUT2D eigenvalue weighted by molar-refractivity contribution is -0.139. The van der Waals surface area contributed by atoms with E-state index < -0.39 is 105 Å². The molecule has 0 aliphatic rings. The molecule has 0 aromatic carbocycles. The van der Waals surface area contributed by atoms with Crippen molar-refractivity contribution >= 4 is 35.9 Å². The Bertz CT molecular complexity index is 1330. The van der Waals surface area contributed by atoms with Crippen LogP contribution in [0.4, 0.5) is 4.79 Å². The summed E-state index contributed by atoms with van der Waals surface area (Å²) in [5, 5.41) is 139. The van der Waals surface area contributed by atoms with Gasteiger partial charge < -0.3 is 92.6 Å². The summed E-state index contributed by atoms with van der Waals surface area (Å²) in [6.45, 7) is -3.64. The van der Waals surface area contributed by atoms with E-state index >= 15 is 0 Å². The molecular weight excluding hydrogens is 850 g/mol. The predicted octanol–water partition coefficient (Wildman–Crippen LogP) is -8.89. The number of nitrogens with zero attached hydrogens (tertiary/aromatic N) is 5. The van der Waals surface area contributed by atoms with Crippen LogP contribution in [0.15, 0.2) is 0 Å². The highest BCUT2D eigenvalue weighted by atomic mass is 16.4. The number of rotatable bonds is 42. The molecule has 6 atom stereocenters. The molecular formula is C35H69N9O19. The minimum Gasteiger partial charge on any atom is -0.480 e. The fourth-order valence-electron chi connectivity index (χ4n) is 6.07. The Morgan fingerprint density at radius 1 is 0.397 bits per heavy atom. The van der Waals surface area contributed by atoms with Gasteiger partial charge in [-0.05, 0) is 0 Å². The number of aliphatic carboxylic acids is 5. The van der Waals surface area contributed by atoms with Gasteiger partial charge in [-0.25, -0.2) is 4.79 Å². The van der Waals surface area contributed by atoms with E-state index in [2.05, 4.69) is 21.3 Å². The highest BCUT2D eigenvalue weighted by Crippen LogP contribution is 2.10. The standard InChI is InChI=1S/C35H69N9O19/c45-23-27(49)34(61)33(60)26(48)21-43(20-25(47)18-41(6-2-37-14-29(52)53)11-12-44(35(62)63)8-4-39-16-31(56)57)19-24(46)17-40(5-1-36-13-28(50)51)9-10-42(22-32(58)59)7-3-38-15-30(54)55/h24-27,33-34,36-39,45-49,60-61H,1-23H2,(H,50,51)(H,52,53)(H,54,55)(H,56,57)(H,58,59)(H,62,63). The van der Waals surface area contributed by atoms with Gasteiger partial charge in [0.25, 0.3) is 0 Å². The monoisotopic (exact) mass is 919 g/mol. The van der Waals surface area contributed by atoms with Crippen LogP contribution in [-0.4, -0.2) is 314 Å². The van der Waals surface area contributed by atoms with E-state index in [1.54, 1.807) is 9.80 Å². The van der Waals surface area contributed by atoms with Crippen molar-refractivity contribution in [1.29, 1.82) is 0 Å². The summed E-state index contributed by atoms with van der Waals surface area (Å²) in [6.07, 6.45) is -11.6. The average Bonchev–Trinajstić information content (AvgIpc) is 3.19. The zero-order valence-corrected chi connectivity index (χ0v) is 35.2. The van der Waals surface area contributed by atoms with Gasteiger partial charge in [0.15, 0.2) is 0 Å². The summed E-state index contributed by atoms with van der Waals surface area (Å²) in [5.74, 6) is -5.68. The van der Waals surface area contributed by atoms with E-state index in [1.807, 2.05) is 0 Å². The molecule has 0 radical (unpaired) electrons. The normalized spacial score (nSPS) is 14.7. The predicted molar refractivity (Wildman–Crippen MR) is 218 cm³/mol. The molecule has 0 rings (SSSR count). The second kappa shape index (κ2) is 34.4. The summed E-state index contributed by atoms with van der Waals surface area (Å²) in [6, 6.07) is 0. The van der Waals surface area contributed by atoms with Crippen molar-refractivity contribution in [2.45, 2.75) is 36.6 Å². The summed E-state index contributed by atoms with van der Waals surface area (Å²) >= 11 is 0. The van der Waals surface area contributed by atoms with Gasteiger partial charge in [-0.1, -0.05) is 0 Å². The molecule has 17 N–H and O–H groups in total. The topological polar surface area (TPSA) is 430 Å². The number of nitrogens with one attached hydrogen (secondary N) is 4. The maximum absolute atomic E-state index is 11.9. The molecule has 28 nitrogen and oxygen atoms in total. The van der Waals surface area contributed by atoms with Crippen molar-refractivity contribution in [2.24, 2.45) is 0 Å². The van der Waals surface area contributed by atoms with Crippen LogP contribution < -0.4 is 21.3 Å². The number of carboxylic acids is 5. The zero-order valence-electron chi connectivity index (χ0n) is 35.2. The molecule has 0 aliphatic carbocycles. The van der Waals surface area contributed by atoms with Crippen molar-refractivity contribution in [3.63, 3.8) is 0 Å². The Morgan fingerprint density at radius 3 is 1.13 bits per heavy atom. The largest absolute Gasteiger partial charge is 0.480 e. The summed E-state index contributed by atoms with van der Waals surface area (Å²) < 4.78 is 0. The Kier molecular flexibility index (Phi) is 32.3. The lowest BCUT2D eigenvalue weighted by atomic mass is 10.0. The number of carboxylic acid groups (broad SMARTS) is 6. The summed E-state index contributed by atoms with van der Waals surface area (Å²) in [5.41, 5.74) is 0. The first kappa shape index (κ1) is 59.0. The van der Waals surface area contributed by atoms with Crippen LogP contribution in [0.1, 0.15) is 0 Å². The van der Waals surface area contributed by atoms with Gasteiger partial charge in [0.05, 0.1) is 57.6 Å². The first-order chi connectivity index (χ1) is 29.6. The Labute approximate surface area is 363 Å². The van der Waals surface area contributed by atoms with Crippen molar-refractivity contribution in [3.8, 4) is 0 Å². The molecule has 0 heterocycles. The van der Waals surface area contributed by atoms with Crippen LogP contribution in [0.3, 0.4) is 0 Å². The molecule has 0 aromatic rings. The van der Waals surface area contributed by atoms with Crippen molar-refractivity contribution in [2.75, 3.05) is 151 Å². The lowest BCUT2D eigenvalue weighted by Crippen LogP contribution is -2.53. The third kappa shape index (κ3) is 31.5. The van der Waals surface area contributed by atoms with Crippen LogP contribution in [0.2, 0.25) is 0 Å². The maximum Gasteiger partial charge on any atom is 0.407 e. The second-order valence-electron chi connectivity index (χ2n) is 14.6. The van der Waals surface area contributed by atoms with Crippen LogP contribution in [-0.2, 0) is 24.0 Å². The molecule has 0 aromatic heterocycles. The van der Waals surface area contributed by atoms with Gasteiger partial charge in [-0.2, -0.15) is 0 Å². The fraction of sp³-hybridized carbons (Fsp3) is 0.829. The first-order valence-electron chi connectivity index (χ1n) is 20.1. The minimum absolute atomic E-state index is 0.00559. The van der Waals surface area contributed by atoms with Gasteiger partial charge in [0, 0.05) is 111 Å². The minimum atomic E-state index is -2.02. The van der Waals surface area contributed by atoms with E-state index in [9.17, 15) is 74.7 Å². The molecule has 6 unspecified atom stereocenters. The number of aliphatic hydroxyl groups excluding tert-OH is 7. The number of hydrogen-bond acceptors (Lipinski definition) is 21. The average molecular weight is 920 g/mol. The van der Waals surface area contributed by atoms with E-state index in [4.69, 9.17) is 20.4 Å². The highest BCUT2D eigenvalue weighted by Gasteiger charge is 2.32. The maximum atomic E-state index is 11.9. The summed E-state index contributed by atoms with van der Waals surface area (Å²) in [4.78, 5) is 74.4. The van der Waals surface area contributed by atoms with Crippen molar-refractivity contribution in [3.05, 3.63) is 0 Å². The molecule has 368 valence electrons. The SMILES string of the molecule is O=C(O)CNCCN(CCN(CCNCC(=O)O)CC(O)CN(CC(O)CN(CCNCC(=O)O)CCN(CCNCC(=O)O)C(=O)O)CC(O)C(O)C(O)C(O)CO)CC(=O)O. The van der Waals surface area contributed by atoms with E-state index in [1.165, 1.54) is 9.80 Å². The van der Waals surface area contributed by atoms with Crippen molar-refractivity contribution < 1.29 is 95.2 Å². The number of carbonyl (C=O) groups is 6. The third-order valence-electron chi connectivity index (χ3n) is 9.17. The summed E-state index contributed by atoms with van der Waals surface area (Å²) in [7, 11) is 0. The number of hydrogen-bond donors (Lipinski definition) is 17. The molecule has 0 spiro atoms. The molecule has 0 fully saturated rings.